The molecular weight excluding hydrogens is 250 g/mol. The van der Waals surface area contributed by atoms with Crippen LogP contribution >= 0.6 is 0 Å². The van der Waals surface area contributed by atoms with Gasteiger partial charge in [-0.15, -0.1) is 0 Å². The number of carbonyl (C=O) groups excluding carboxylic acids is 1. The number of nitrogens with one attached hydrogen (secondary N) is 1. The third-order valence-electron chi connectivity index (χ3n) is 3.12. The summed E-state index contributed by atoms with van der Waals surface area (Å²) in [6.45, 7) is 0.680. The molecule has 0 heterocycles. The summed E-state index contributed by atoms with van der Waals surface area (Å²) in [7, 11) is 1.61. The van der Waals surface area contributed by atoms with Crippen molar-refractivity contribution in [3.05, 3.63) is 65.7 Å². The monoisotopic (exact) mass is 269 g/mol. The van der Waals surface area contributed by atoms with Crippen LogP contribution in [0.1, 0.15) is 22.3 Å². The predicted molar refractivity (Wildman–Crippen MR) is 80.1 cm³/mol. The second kappa shape index (κ2) is 7.34. The van der Waals surface area contributed by atoms with Crippen molar-refractivity contribution in [1.29, 1.82) is 0 Å². The van der Waals surface area contributed by atoms with Gasteiger partial charge in [0.1, 0.15) is 5.75 Å². The zero-order chi connectivity index (χ0) is 14.2. The molecule has 1 N–H and O–H groups in total. The smallest absolute Gasteiger partial charge is 0.251 e. The van der Waals surface area contributed by atoms with E-state index < -0.39 is 0 Å². The molecule has 0 atom stereocenters. The van der Waals surface area contributed by atoms with Crippen LogP contribution in [0.3, 0.4) is 0 Å². The lowest BCUT2D eigenvalue weighted by Crippen LogP contribution is -2.24. The van der Waals surface area contributed by atoms with Gasteiger partial charge in [0.2, 0.25) is 0 Å². The first-order valence-corrected chi connectivity index (χ1v) is 6.76. The molecule has 0 bridgehead atoms. The van der Waals surface area contributed by atoms with Gasteiger partial charge >= 0.3 is 0 Å². The number of carbonyl (C=O) groups is 1. The molecule has 104 valence electrons. The van der Waals surface area contributed by atoms with Gasteiger partial charge in [0.15, 0.2) is 0 Å². The molecular formula is C17H19NO2. The number of amides is 1. The highest BCUT2D eigenvalue weighted by Gasteiger charge is 2.04. The lowest BCUT2D eigenvalue weighted by atomic mass is 10.1. The van der Waals surface area contributed by atoms with E-state index in [0.717, 1.165) is 18.6 Å². The largest absolute Gasteiger partial charge is 0.497 e. The van der Waals surface area contributed by atoms with E-state index in [1.54, 1.807) is 31.4 Å². The summed E-state index contributed by atoms with van der Waals surface area (Å²) in [5.74, 6) is 0.714. The molecule has 0 fully saturated rings. The molecule has 2 rings (SSSR count). The lowest BCUT2D eigenvalue weighted by molar-refractivity contribution is 0.0953. The van der Waals surface area contributed by atoms with E-state index in [1.165, 1.54) is 5.56 Å². The van der Waals surface area contributed by atoms with Gasteiger partial charge in [-0.25, -0.2) is 0 Å². The fourth-order valence-corrected chi connectivity index (χ4v) is 1.98. The molecule has 0 unspecified atom stereocenters. The number of hydrogen-bond donors (Lipinski definition) is 1. The van der Waals surface area contributed by atoms with Gasteiger partial charge in [0.25, 0.3) is 5.91 Å². The first-order chi connectivity index (χ1) is 9.79. The van der Waals surface area contributed by atoms with Crippen LogP contribution in [0.25, 0.3) is 0 Å². The van der Waals surface area contributed by atoms with Gasteiger partial charge in [-0.1, -0.05) is 30.3 Å². The summed E-state index contributed by atoms with van der Waals surface area (Å²) in [6.07, 6.45) is 1.91. The van der Waals surface area contributed by atoms with Crippen LogP contribution in [0.15, 0.2) is 54.6 Å². The van der Waals surface area contributed by atoms with E-state index in [0.29, 0.717) is 12.1 Å². The van der Waals surface area contributed by atoms with Crippen molar-refractivity contribution >= 4 is 5.91 Å². The van der Waals surface area contributed by atoms with Crippen LogP contribution in [0.2, 0.25) is 0 Å². The Balaban J connectivity index is 1.74. The molecule has 0 saturated carbocycles. The zero-order valence-electron chi connectivity index (χ0n) is 11.6. The standard InChI is InChI=1S/C17H19NO2/c1-20-16-11-9-15(10-12-16)17(19)18-13-5-8-14-6-3-2-4-7-14/h2-4,6-7,9-12H,5,8,13H2,1H3,(H,18,19). The summed E-state index contributed by atoms with van der Waals surface area (Å²) < 4.78 is 5.06. The molecule has 0 aliphatic heterocycles. The summed E-state index contributed by atoms with van der Waals surface area (Å²) in [5.41, 5.74) is 1.96. The number of methoxy groups -OCH3 is 1. The first kappa shape index (κ1) is 14.1. The average molecular weight is 269 g/mol. The Labute approximate surface area is 119 Å². The number of hydrogen-bond acceptors (Lipinski definition) is 2. The third kappa shape index (κ3) is 4.12. The lowest BCUT2D eigenvalue weighted by Gasteiger charge is -2.06. The Morgan fingerprint density at radius 3 is 2.40 bits per heavy atom. The van der Waals surface area contributed by atoms with Crippen molar-refractivity contribution in [2.75, 3.05) is 13.7 Å². The second-order valence-corrected chi connectivity index (χ2v) is 4.57. The highest BCUT2D eigenvalue weighted by Crippen LogP contribution is 2.11. The van der Waals surface area contributed by atoms with Gasteiger partial charge in [0.05, 0.1) is 7.11 Å². The Hall–Kier alpha value is -2.29. The molecule has 0 spiro atoms. The van der Waals surface area contributed by atoms with Crippen LogP contribution < -0.4 is 10.1 Å². The van der Waals surface area contributed by atoms with E-state index in [9.17, 15) is 4.79 Å². The van der Waals surface area contributed by atoms with Crippen molar-refractivity contribution in [2.45, 2.75) is 12.8 Å². The van der Waals surface area contributed by atoms with Crippen LogP contribution in [0, 0.1) is 0 Å². The van der Waals surface area contributed by atoms with E-state index in [-0.39, 0.29) is 5.91 Å². The molecule has 0 radical (unpaired) electrons. The van der Waals surface area contributed by atoms with Crippen molar-refractivity contribution in [1.82, 2.24) is 5.32 Å². The molecule has 2 aromatic carbocycles. The maximum atomic E-state index is 11.9. The van der Waals surface area contributed by atoms with E-state index in [1.807, 2.05) is 18.2 Å². The maximum absolute atomic E-state index is 11.9. The Bertz CT molecular complexity index is 535. The molecule has 3 nitrogen and oxygen atoms in total. The van der Waals surface area contributed by atoms with Gasteiger partial charge in [-0.3, -0.25) is 4.79 Å². The minimum Gasteiger partial charge on any atom is -0.497 e. The third-order valence-corrected chi connectivity index (χ3v) is 3.12. The SMILES string of the molecule is COc1ccc(C(=O)NCCCc2ccccc2)cc1. The Kier molecular flexibility index (Phi) is 5.18. The van der Waals surface area contributed by atoms with Gasteiger partial charge in [-0.05, 0) is 42.7 Å². The highest BCUT2D eigenvalue weighted by atomic mass is 16.5. The van der Waals surface area contributed by atoms with Crippen molar-refractivity contribution in [3.8, 4) is 5.75 Å². The van der Waals surface area contributed by atoms with Crippen LogP contribution in [0.4, 0.5) is 0 Å². The molecule has 0 saturated heterocycles. The van der Waals surface area contributed by atoms with E-state index >= 15 is 0 Å². The van der Waals surface area contributed by atoms with Gasteiger partial charge in [-0.2, -0.15) is 0 Å². The molecule has 20 heavy (non-hydrogen) atoms. The molecule has 0 aromatic heterocycles. The highest BCUT2D eigenvalue weighted by molar-refractivity contribution is 5.94. The fourth-order valence-electron chi connectivity index (χ4n) is 1.98. The maximum Gasteiger partial charge on any atom is 0.251 e. The first-order valence-electron chi connectivity index (χ1n) is 6.76. The number of benzene rings is 2. The summed E-state index contributed by atoms with van der Waals surface area (Å²) in [4.78, 5) is 11.9. The summed E-state index contributed by atoms with van der Waals surface area (Å²) in [5, 5.41) is 2.93. The fraction of sp³-hybridized carbons (Fsp3) is 0.235. The molecule has 0 aliphatic rings. The molecule has 1 amide bonds. The average Bonchev–Trinajstić information content (AvgIpc) is 2.52. The number of rotatable bonds is 6. The van der Waals surface area contributed by atoms with Crippen molar-refractivity contribution in [2.24, 2.45) is 0 Å². The van der Waals surface area contributed by atoms with Crippen molar-refractivity contribution < 1.29 is 9.53 Å². The van der Waals surface area contributed by atoms with Crippen LogP contribution in [-0.2, 0) is 6.42 Å². The van der Waals surface area contributed by atoms with Gasteiger partial charge in [0, 0.05) is 12.1 Å². The van der Waals surface area contributed by atoms with Crippen LogP contribution in [-0.4, -0.2) is 19.6 Å². The zero-order valence-corrected chi connectivity index (χ0v) is 11.6. The molecule has 0 aliphatic carbocycles. The number of ether oxygens (including phenoxy) is 1. The molecule has 2 aromatic rings. The molecule has 3 heteroatoms. The quantitative estimate of drug-likeness (QED) is 0.818. The topological polar surface area (TPSA) is 38.3 Å². The summed E-state index contributed by atoms with van der Waals surface area (Å²) >= 11 is 0. The Morgan fingerprint density at radius 2 is 1.75 bits per heavy atom. The van der Waals surface area contributed by atoms with E-state index in [2.05, 4.69) is 17.4 Å². The summed E-state index contributed by atoms with van der Waals surface area (Å²) in [6, 6.07) is 17.4. The van der Waals surface area contributed by atoms with E-state index in [4.69, 9.17) is 4.74 Å². The van der Waals surface area contributed by atoms with Gasteiger partial charge < -0.3 is 10.1 Å². The predicted octanol–water partition coefficient (Wildman–Crippen LogP) is 3.06. The van der Waals surface area contributed by atoms with Crippen LogP contribution in [0.5, 0.6) is 5.75 Å². The normalized spacial score (nSPS) is 10.1. The Morgan fingerprint density at radius 1 is 1.05 bits per heavy atom. The second-order valence-electron chi connectivity index (χ2n) is 4.57. The minimum absolute atomic E-state index is 0.0410. The van der Waals surface area contributed by atoms with Crippen molar-refractivity contribution in [3.63, 3.8) is 0 Å². The number of aryl methyl sites for hydroxylation is 1. The minimum atomic E-state index is -0.0410.